The number of anilines is 3. The molecule has 0 aliphatic rings. The fourth-order valence-corrected chi connectivity index (χ4v) is 6.68. The average Bonchev–Trinajstić information content (AvgIpc) is 3.47. The van der Waals surface area contributed by atoms with Crippen LogP contribution in [0.2, 0.25) is 0 Å². The normalized spacial score (nSPS) is 11.6. The number of benzene rings is 7. The summed E-state index contributed by atoms with van der Waals surface area (Å²) in [4.78, 5) is 6.59. The number of para-hydroxylation sites is 1. The van der Waals surface area contributed by atoms with Gasteiger partial charge in [-0.1, -0.05) is 78.9 Å². The van der Waals surface area contributed by atoms with Gasteiger partial charge in [0.2, 0.25) is 0 Å². The lowest BCUT2D eigenvalue weighted by Crippen LogP contribution is -2.09. The second kappa shape index (κ2) is 9.82. The summed E-state index contributed by atoms with van der Waals surface area (Å²) in [5.74, 6) is 0. The van der Waals surface area contributed by atoms with Crippen LogP contribution in [0.3, 0.4) is 0 Å². The zero-order chi connectivity index (χ0) is 29.0. The molecule has 3 nitrogen and oxygen atoms in total. The predicted molar refractivity (Wildman–Crippen MR) is 184 cm³/mol. The van der Waals surface area contributed by atoms with E-state index < -0.39 is 0 Å². The molecule has 0 atom stereocenters. The second-order valence-corrected chi connectivity index (χ2v) is 11.2. The van der Waals surface area contributed by atoms with Crippen LogP contribution in [0.15, 0.2) is 162 Å². The first-order valence-corrected chi connectivity index (χ1v) is 14.9. The second-order valence-electron chi connectivity index (χ2n) is 11.2. The molecule has 7 aromatic carbocycles. The van der Waals surface area contributed by atoms with E-state index in [0.29, 0.717) is 0 Å². The molecule has 0 aliphatic heterocycles. The predicted octanol–water partition coefficient (Wildman–Crippen LogP) is 11.6. The van der Waals surface area contributed by atoms with E-state index in [4.69, 9.17) is 4.42 Å². The van der Waals surface area contributed by atoms with Gasteiger partial charge in [0.1, 0.15) is 11.2 Å². The Morgan fingerprint density at radius 3 is 2.05 bits per heavy atom. The molecule has 0 saturated carbocycles. The van der Waals surface area contributed by atoms with Crippen molar-refractivity contribution in [3.05, 3.63) is 158 Å². The Balaban J connectivity index is 1.19. The lowest BCUT2D eigenvalue weighted by atomic mass is 9.93. The van der Waals surface area contributed by atoms with Crippen LogP contribution in [0.25, 0.3) is 65.4 Å². The Kier molecular flexibility index (Phi) is 5.50. The summed E-state index contributed by atoms with van der Waals surface area (Å²) in [6, 6.07) is 51.8. The van der Waals surface area contributed by atoms with Gasteiger partial charge < -0.3 is 9.32 Å². The van der Waals surface area contributed by atoms with Gasteiger partial charge in [0.15, 0.2) is 0 Å². The molecule has 0 radical (unpaired) electrons. The van der Waals surface area contributed by atoms with Crippen LogP contribution in [-0.2, 0) is 0 Å². The molecule has 9 rings (SSSR count). The summed E-state index contributed by atoms with van der Waals surface area (Å²) in [5.41, 5.74) is 7.38. The van der Waals surface area contributed by atoms with Crippen molar-refractivity contribution in [2.45, 2.75) is 0 Å². The zero-order valence-electron chi connectivity index (χ0n) is 23.8. The molecule has 0 aliphatic carbocycles. The lowest BCUT2D eigenvalue weighted by molar-refractivity contribution is 0.669. The lowest BCUT2D eigenvalue weighted by Gasteiger charge is -2.25. The van der Waals surface area contributed by atoms with Crippen molar-refractivity contribution in [2.24, 2.45) is 0 Å². The van der Waals surface area contributed by atoms with Crippen molar-refractivity contribution in [2.75, 3.05) is 4.90 Å². The van der Waals surface area contributed by atoms with Crippen molar-refractivity contribution in [1.29, 1.82) is 0 Å². The van der Waals surface area contributed by atoms with Crippen LogP contribution in [0.5, 0.6) is 0 Å². The maximum atomic E-state index is 6.43. The Morgan fingerprint density at radius 2 is 1.18 bits per heavy atom. The maximum Gasteiger partial charge on any atom is 0.137 e. The molecular formula is C41H26N2O. The number of furan rings is 1. The topological polar surface area (TPSA) is 29.3 Å². The molecule has 0 unspecified atom stereocenters. The van der Waals surface area contributed by atoms with Crippen LogP contribution in [0.1, 0.15) is 0 Å². The van der Waals surface area contributed by atoms with E-state index in [1.54, 1.807) is 0 Å². The summed E-state index contributed by atoms with van der Waals surface area (Å²) < 4.78 is 6.43. The Morgan fingerprint density at radius 1 is 0.455 bits per heavy atom. The van der Waals surface area contributed by atoms with Crippen molar-refractivity contribution >= 4 is 71.3 Å². The number of pyridine rings is 1. The Labute approximate surface area is 254 Å². The number of nitrogens with zero attached hydrogens (tertiary/aromatic N) is 2. The summed E-state index contributed by atoms with van der Waals surface area (Å²) >= 11 is 0. The molecule has 0 amide bonds. The summed E-state index contributed by atoms with van der Waals surface area (Å²) in [6.07, 6.45) is 3.75. The minimum Gasteiger partial charge on any atom is -0.456 e. The first-order chi connectivity index (χ1) is 21.8. The SMILES string of the molecule is c1ccc(N(c2ccc(-c3cc4ccccc4c4ccccc34)cc2)c2ccc3c(c2)oc2ccc4cnccc4c23)cc1. The van der Waals surface area contributed by atoms with Gasteiger partial charge >= 0.3 is 0 Å². The third-order valence-corrected chi connectivity index (χ3v) is 8.71. The average molecular weight is 563 g/mol. The number of fused-ring (bicyclic) bond motifs is 8. The van der Waals surface area contributed by atoms with E-state index in [2.05, 4.69) is 149 Å². The fraction of sp³-hybridized carbons (Fsp3) is 0. The molecule has 2 heterocycles. The van der Waals surface area contributed by atoms with Gasteiger partial charge in [-0.25, -0.2) is 0 Å². The third kappa shape index (κ3) is 3.87. The number of hydrogen-bond donors (Lipinski definition) is 0. The van der Waals surface area contributed by atoms with Crippen LogP contribution < -0.4 is 4.90 Å². The Hall–Kier alpha value is -5.93. The summed E-state index contributed by atoms with van der Waals surface area (Å²) in [7, 11) is 0. The smallest absolute Gasteiger partial charge is 0.137 e. The molecule has 0 bridgehead atoms. The van der Waals surface area contributed by atoms with E-state index in [9.17, 15) is 0 Å². The monoisotopic (exact) mass is 562 g/mol. The standard InChI is InChI=1S/C41H26N2O/c1-2-9-30(10-3-1)43(32-19-20-37-40(25-32)44-39-21-16-29-26-42-23-22-34(29)41(37)39)31-17-14-27(15-18-31)38-24-28-8-4-5-11-33(28)35-12-6-7-13-36(35)38/h1-26H. The van der Waals surface area contributed by atoms with Gasteiger partial charge in [-0.2, -0.15) is 0 Å². The van der Waals surface area contributed by atoms with Crippen molar-refractivity contribution in [3.63, 3.8) is 0 Å². The molecule has 206 valence electrons. The van der Waals surface area contributed by atoms with Crippen LogP contribution in [-0.4, -0.2) is 4.98 Å². The highest BCUT2D eigenvalue weighted by atomic mass is 16.3. The van der Waals surface area contributed by atoms with Gasteiger partial charge in [-0.05, 0) is 98.7 Å². The number of rotatable bonds is 4. The highest BCUT2D eigenvalue weighted by molar-refractivity contribution is 6.19. The minimum atomic E-state index is 0.863. The number of aromatic nitrogens is 1. The van der Waals surface area contributed by atoms with Gasteiger partial charge in [0.05, 0.1) is 0 Å². The quantitative estimate of drug-likeness (QED) is 0.200. The molecule has 0 N–H and O–H groups in total. The molecule has 3 heteroatoms. The highest BCUT2D eigenvalue weighted by Crippen LogP contribution is 2.41. The molecule has 0 spiro atoms. The fourth-order valence-electron chi connectivity index (χ4n) is 6.68. The van der Waals surface area contributed by atoms with Crippen LogP contribution in [0, 0.1) is 0 Å². The molecule has 44 heavy (non-hydrogen) atoms. The Bertz CT molecular complexity index is 2490. The van der Waals surface area contributed by atoms with E-state index in [1.165, 1.54) is 32.7 Å². The summed E-state index contributed by atoms with van der Waals surface area (Å²) in [6.45, 7) is 0. The van der Waals surface area contributed by atoms with Gasteiger partial charge in [0.25, 0.3) is 0 Å². The van der Waals surface area contributed by atoms with Crippen LogP contribution in [0.4, 0.5) is 17.1 Å². The maximum absolute atomic E-state index is 6.43. The minimum absolute atomic E-state index is 0.863. The van der Waals surface area contributed by atoms with Gasteiger partial charge in [0, 0.05) is 51.7 Å². The molecule has 0 fully saturated rings. The highest BCUT2D eigenvalue weighted by Gasteiger charge is 2.17. The van der Waals surface area contributed by atoms with Gasteiger partial charge in [-0.3, -0.25) is 4.98 Å². The van der Waals surface area contributed by atoms with Crippen molar-refractivity contribution in [3.8, 4) is 11.1 Å². The van der Waals surface area contributed by atoms with E-state index in [-0.39, 0.29) is 0 Å². The van der Waals surface area contributed by atoms with Crippen molar-refractivity contribution < 1.29 is 4.42 Å². The largest absolute Gasteiger partial charge is 0.456 e. The summed E-state index contributed by atoms with van der Waals surface area (Å²) in [5, 5.41) is 9.56. The zero-order valence-corrected chi connectivity index (χ0v) is 23.8. The molecule has 2 aromatic heterocycles. The van der Waals surface area contributed by atoms with Crippen LogP contribution >= 0.6 is 0 Å². The molecule has 0 saturated heterocycles. The van der Waals surface area contributed by atoms with E-state index in [0.717, 1.165) is 49.8 Å². The van der Waals surface area contributed by atoms with E-state index >= 15 is 0 Å². The van der Waals surface area contributed by atoms with Gasteiger partial charge in [-0.15, -0.1) is 0 Å². The third-order valence-electron chi connectivity index (χ3n) is 8.71. The number of hydrogen-bond acceptors (Lipinski definition) is 3. The molecular weight excluding hydrogens is 536 g/mol. The van der Waals surface area contributed by atoms with E-state index in [1.807, 2.05) is 18.5 Å². The first-order valence-electron chi connectivity index (χ1n) is 14.9. The van der Waals surface area contributed by atoms with Crippen molar-refractivity contribution in [1.82, 2.24) is 4.98 Å². The molecule has 9 aromatic rings. The first kappa shape index (κ1) is 24.6.